The molecule has 3 rings (SSSR count). The molecule has 1 aliphatic rings. The zero-order chi connectivity index (χ0) is 20.4. The van der Waals surface area contributed by atoms with Crippen LogP contribution in [0, 0.1) is 13.8 Å². The predicted octanol–water partition coefficient (Wildman–Crippen LogP) is 3.15. The van der Waals surface area contributed by atoms with E-state index in [1.54, 1.807) is 18.2 Å². The zero-order valence-corrected chi connectivity index (χ0v) is 16.8. The van der Waals surface area contributed by atoms with E-state index in [-0.39, 0.29) is 10.7 Å². The Labute approximate surface area is 168 Å². The van der Waals surface area contributed by atoms with Gasteiger partial charge in [-0.2, -0.15) is 0 Å². The molecule has 1 aliphatic heterocycles. The Morgan fingerprint density at radius 2 is 1.79 bits per heavy atom. The van der Waals surface area contributed by atoms with Gasteiger partial charge in [0.2, 0.25) is 0 Å². The van der Waals surface area contributed by atoms with Gasteiger partial charge in [-0.3, -0.25) is 19.8 Å². The van der Waals surface area contributed by atoms with E-state index in [9.17, 15) is 9.59 Å². The summed E-state index contributed by atoms with van der Waals surface area (Å²) in [5, 5.41) is 2.65. The fraction of sp³-hybridized carbons (Fsp3) is 0.190. The van der Waals surface area contributed by atoms with E-state index >= 15 is 0 Å². The van der Waals surface area contributed by atoms with Crippen LogP contribution in [0.15, 0.2) is 42.0 Å². The molecule has 0 atom stereocenters. The van der Waals surface area contributed by atoms with E-state index in [1.807, 2.05) is 32.0 Å². The Balaban J connectivity index is 2.10. The molecule has 0 spiro atoms. The van der Waals surface area contributed by atoms with Crippen molar-refractivity contribution in [2.24, 2.45) is 0 Å². The smallest absolute Gasteiger partial charge is 0.270 e. The minimum Gasteiger partial charge on any atom is -0.497 e. The van der Waals surface area contributed by atoms with Gasteiger partial charge in [-0.05, 0) is 67.5 Å². The van der Waals surface area contributed by atoms with E-state index in [0.29, 0.717) is 22.7 Å². The number of hydrogen-bond acceptors (Lipinski definition) is 5. The molecular formula is C21H20N2O4S. The second kappa shape index (κ2) is 7.82. The van der Waals surface area contributed by atoms with Crippen LogP contribution < -0.4 is 19.7 Å². The summed E-state index contributed by atoms with van der Waals surface area (Å²) in [4.78, 5) is 27.1. The topological polar surface area (TPSA) is 67.9 Å². The summed E-state index contributed by atoms with van der Waals surface area (Å²) in [6, 6.07) is 10.9. The largest absolute Gasteiger partial charge is 0.497 e. The number of thiocarbonyl (C=S) groups is 1. The second-order valence-electron chi connectivity index (χ2n) is 6.36. The summed E-state index contributed by atoms with van der Waals surface area (Å²) in [7, 11) is 3.06. The van der Waals surface area contributed by atoms with Crippen molar-refractivity contribution in [3.8, 4) is 11.5 Å². The third-order valence-corrected chi connectivity index (χ3v) is 4.73. The summed E-state index contributed by atoms with van der Waals surface area (Å²) >= 11 is 5.27. The van der Waals surface area contributed by atoms with Crippen molar-refractivity contribution in [3.05, 3.63) is 58.7 Å². The quantitative estimate of drug-likeness (QED) is 0.489. The number of nitrogens with one attached hydrogen (secondary N) is 1. The Bertz CT molecular complexity index is 1010. The molecule has 6 nitrogen and oxygen atoms in total. The van der Waals surface area contributed by atoms with Crippen molar-refractivity contribution in [2.45, 2.75) is 13.8 Å². The summed E-state index contributed by atoms with van der Waals surface area (Å²) in [5.41, 5.74) is 3.00. The number of amides is 2. The van der Waals surface area contributed by atoms with Crippen molar-refractivity contribution in [2.75, 3.05) is 19.1 Å². The number of methoxy groups -OCH3 is 2. The third kappa shape index (κ3) is 3.61. The predicted molar refractivity (Wildman–Crippen MR) is 112 cm³/mol. The highest BCUT2D eigenvalue weighted by Crippen LogP contribution is 2.29. The number of nitrogens with zero attached hydrogens (tertiary/aromatic N) is 1. The van der Waals surface area contributed by atoms with Crippen LogP contribution in [-0.4, -0.2) is 31.1 Å². The molecule has 1 heterocycles. The first kappa shape index (κ1) is 19.6. The van der Waals surface area contributed by atoms with Crippen molar-refractivity contribution in [1.82, 2.24) is 5.32 Å². The molecule has 1 saturated heterocycles. The van der Waals surface area contributed by atoms with Gasteiger partial charge in [-0.25, -0.2) is 0 Å². The zero-order valence-electron chi connectivity index (χ0n) is 16.0. The molecule has 0 saturated carbocycles. The molecule has 144 valence electrons. The van der Waals surface area contributed by atoms with Gasteiger partial charge in [-0.1, -0.05) is 12.1 Å². The highest BCUT2D eigenvalue weighted by atomic mass is 32.1. The first-order valence-electron chi connectivity index (χ1n) is 8.56. The average molecular weight is 396 g/mol. The maximum absolute atomic E-state index is 13.2. The summed E-state index contributed by atoms with van der Waals surface area (Å²) in [6.07, 6.45) is 1.49. The molecule has 2 amide bonds. The number of anilines is 1. The van der Waals surface area contributed by atoms with Crippen molar-refractivity contribution in [3.63, 3.8) is 0 Å². The number of aryl methyl sites for hydroxylation is 2. The monoisotopic (exact) mass is 396 g/mol. The van der Waals surface area contributed by atoms with E-state index in [1.165, 1.54) is 25.2 Å². The lowest BCUT2D eigenvalue weighted by atomic mass is 10.0. The van der Waals surface area contributed by atoms with Gasteiger partial charge >= 0.3 is 0 Å². The lowest BCUT2D eigenvalue weighted by Gasteiger charge is -2.30. The van der Waals surface area contributed by atoms with Gasteiger partial charge in [0.1, 0.15) is 17.1 Å². The molecule has 7 heteroatoms. The van der Waals surface area contributed by atoms with Crippen molar-refractivity contribution >= 4 is 40.9 Å². The molecule has 1 fully saturated rings. The maximum Gasteiger partial charge on any atom is 0.270 e. The van der Waals surface area contributed by atoms with Crippen LogP contribution in [0.4, 0.5) is 5.69 Å². The summed E-state index contributed by atoms with van der Waals surface area (Å²) < 4.78 is 10.6. The van der Waals surface area contributed by atoms with Crippen LogP contribution in [0.2, 0.25) is 0 Å². The molecular weight excluding hydrogens is 376 g/mol. The van der Waals surface area contributed by atoms with Gasteiger partial charge in [0.15, 0.2) is 5.11 Å². The standard InChI is InChI=1S/C21H20N2O4S/c1-12-5-6-13(2)17(9-12)23-20(25)16(19(24)22-21(23)28)11-14-10-15(26-3)7-8-18(14)27-4/h5-11H,1-4H3,(H,22,24,28)/b16-11+. The first-order valence-corrected chi connectivity index (χ1v) is 8.97. The fourth-order valence-corrected chi connectivity index (χ4v) is 3.22. The highest BCUT2D eigenvalue weighted by molar-refractivity contribution is 7.80. The van der Waals surface area contributed by atoms with Gasteiger partial charge in [0.25, 0.3) is 11.8 Å². The summed E-state index contributed by atoms with van der Waals surface area (Å²) in [5.74, 6) is 0.0484. The van der Waals surface area contributed by atoms with E-state index in [2.05, 4.69) is 5.32 Å². The van der Waals surface area contributed by atoms with Gasteiger partial charge < -0.3 is 9.47 Å². The van der Waals surface area contributed by atoms with Crippen LogP contribution in [0.1, 0.15) is 16.7 Å². The molecule has 0 aliphatic carbocycles. The number of carbonyl (C=O) groups is 2. The first-order chi connectivity index (χ1) is 13.3. The number of benzene rings is 2. The Hall–Kier alpha value is -3.19. The van der Waals surface area contributed by atoms with Crippen molar-refractivity contribution < 1.29 is 19.1 Å². The Kier molecular flexibility index (Phi) is 5.46. The van der Waals surface area contributed by atoms with E-state index < -0.39 is 11.8 Å². The van der Waals surface area contributed by atoms with E-state index in [0.717, 1.165) is 11.1 Å². The maximum atomic E-state index is 13.2. The molecule has 0 bridgehead atoms. The normalized spacial score (nSPS) is 15.6. The van der Waals surface area contributed by atoms with Gasteiger partial charge in [-0.15, -0.1) is 0 Å². The molecule has 0 unspecified atom stereocenters. The Morgan fingerprint density at radius 1 is 1.04 bits per heavy atom. The molecule has 0 radical (unpaired) electrons. The fourth-order valence-electron chi connectivity index (χ4n) is 2.94. The lowest BCUT2D eigenvalue weighted by Crippen LogP contribution is -2.54. The van der Waals surface area contributed by atoms with Crippen LogP contribution in [0.5, 0.6) is 11.5 Å². The van der Waals surface area contributed by atoms with Crippen LogP contribution >= 0.6 is 12.2 Å². The highest BCUT2D eigenvalue weighted by Gasteiger charge is 2.35. The van der Waals surface area contributed by atoms with Gasteiger partial charge in [0, 0.05) is 5.56 Å². The number of carbonyl (C=O) groups excluding carboxylic acids is 2. The number of rotatable bonds is 4. The average Bonchev–Trinajstić information content (AvgIpc) is 2.67. The molecule has 0 aromatic heterocycles. The van der Waals surface area contributed by atoms with Crippen LogP contribution in [0.3, 0.4) is 0 Å². The minimum absolute atomic E-state index is 0.0407. The SMILES string of the molecule is COc1ccc(OC)c(/C=C2\C(=O)NC(=S)N(c3cc(C)ccc3C)C2=O)c1. The minimum atomic E-state index is -0.554. The van der Waals surface area contributed by atoms with Crippen LogP contribution in [-0.2, 0) is 9.59 Å². The number of ether oxygens (including phenoxy) is 2. The lowest BCUT2D eigenvalue weighted by molar-refractivity contribution is -0.122. The molecule has 2 aromatic rings. The van der Waals surface area contributed by atoms with Crippen LogP contribution in [0.25, 0.3) is 6.08 Å². The van der Waals surface area contributed by atoms with E-state index in [4.69, 9.17) is 21.7 Å². The summed E-state index contributed by atoms with van der Waals surface area (Å²) in [6.45, 7) is 3.81. The Morgan fingerprint density at radius 3 is 2.46 bits per heavy atom. The van der Waals surface area contributed by atoms with Crippen molar-refractivity contribution in [1.29, 1.82) is 0 Å². The third-order valence-electron chi connectivity index (χ3n) is 4.44. The molecule has 28 heavy (non-hydrogen) atoms. The molecule has 2 aromatic carbocycles. The number of hydrogen-bond donors (Lipinski definition) is 1. The van der Waals surface area contributed by atoms with Gasteiger partial charge in [0.05, 0.1) is 19.9 Å². The molecule has 1 N–H and O–H groups in total. The second-order valence-corrected chi connectivity index (χ2v) is 6.74.